The van der Waals surface area contributed by atoms with Crippen LogP contribution >= 0.6 is 0 Å². The largest absolute Gasteiger partial charge is 0.452 e. The molecule has 1 aromatic carbocycles. The highest BCUT2D eigenvalue weighted by atomic mass is 16.5. The van der Waals surface area contributed by atoms with Crippen LogP contribution in [0.25, 0.3) is 5.69 Å². The number of aryl methyl sites for hydroxylation is 3. The van der Waals surface area contributed by atoms with Crippen LogP contribution in [0.3, 0.4) is 0 Å². The maximum Gasteiger partial charge on any atom is 0.340 e. The lowest BCUT2D eigenvalue weighted by Crippen LogP contribution is -2.21. The van der Waals surface area contributed by atoms with E-state index < -0.39 is 11.9 Å². The number of amides is 1. The van der Waals surface area contributed by atoms with Crippen molar-refractivity contribution in [2.75, 3.05) is 11.9 Å². The van der Waals surface area contributed by atoms with Gasteiger partial charge in [-0.15, -0.1) is 0 Å². The number of carbonyl (C=O) groups excluding carboxylic acids is 2. The fraction of sp³-hybridized carbons (Fsp3) is 0.348. The molecule has 2 aromatic heterocycles. The van der Waals surface area contributed by atoms with Crippen molar-refractivity contribution in [2.24, 2.45) is 0 Å². The van der Waals surface area contributed by atoms with E-state index in [1.165, 1.54) is 0 Å². The highest BCUT2D eigenvalue weighted by molar-refractivity contribution is 5.96. The van der Waals surface area contributed by atoms with Crippen molar-refractivity contribution in [3.63, 3.8) is 0 Å². The van der Waals surface area contributed by atoms with Gasteiger partial charge in [0.25, 0.3) is 5.91 Å². The van der Waals surface area contributed by atoms with Crippen LogP contribution in [0.15, 0.2) is 30.3 Å². The molecule has 0 aliphatic carbocycles. The number of nitrogens with zero attached hydrogens (tertiary/aromatic N) is 3. The lowest BCUT2D eigenvalue weighted by atomic mass is 10.2. The Bertz CT molecular complexity index is 1090. The summed E-state index contributed by atoms with van der Waals surface area (Å²) in [6, 6.07) is 9.78. The highest BCUT2D eigenvalue weighted by Crippen LogP contribution is 2.23. The van der Waals surface area contributed by atoms with E-state index in [1.807, 2.05) is 70.4 Å². The summed E-state index contributed by atoms with van der Waals surface area (Å²) in [4.78, 5) is 24.8. The lowest BCUT2D eigenvalue weighted by Gasteiger charge is -2.09. The first-order valence-electron chi connectivity index (χ1n) is 9.99. The van der Waals surface area contributed by atoms with Gasteiger partial charge in [-0.1, -0.05) is 17.7 Å². The van der Waals surface area contributed by atoms with Gasteiger partial charge in [0.05, 0.1) is 28.3 Å². The van der Waals surface area contributed by atoms with Crippen molar-refractivity contribution in [3.8, 4) is 5.69 Å². The van der Waals surface area contributed by atoms with E-state index >= 15 is 0 Å². The third-order valence-electron chi connectivity index (χ3n) is 5.28. The van der Waals surface area contributed by atoms with Gasteiger partial charge in [0.15, 0.2) is 6.61 Å². The fourth-order valence-electron chi connectivity index (χ4n) is 3.64. The summed E-state index contributed by atoms with van der Waals surface area (Å²) in [5.41, 5.74) is 6.52. The molecule has 158 valence electrons. The van der Waals surface area contributed by atoms with E-state index in [0.29, 0.717) is 16.9 Å². The summed E-state index contributed by atoms with van der Waals surface area (Å²) in [6.07, 6.45) is 0. The third-order valence-corrected chi connectivity index (χ3v) is 5.28. The molecule has 3 aromatic rings. The smallest absolute Gasteiger partial charge is 0.340 e. The molecular formula is C23H28N4O3. The van der Waals surface area contributed by atoms with Crippen molar-refractivity contribution in [2.45, 2.75) is 48.1 Å². The maximum absolute atomic E-state index is 12.4. The first-order chi connectivity index (χ1) is 14.2. The molecule has 0 unspecified atom stereocenters. The molecule has 0 spiro atoms. The average molecular weight is 409 g/mol. The molecule has 7 nitrogen and oxygen atoms in total. The van der Waals surface area contributed by atoms with Gasteiger partial charge in [0.1, 0.15) is 0 Å². The Labute approximate surface area is 176 Å². The molecule has 1 N–H and O–H groups in total. The van der Waals surface area contributed by atoms with Crippen molar-refractivity contribution in [1.82, 2.24) is 14.3 Å². The summed E-state index contributed by atoms with van der Waals surface area (Å²) >= 11 is 0. The maximum atomic E-state index is 12.4. The second kappa shape index (κ2) is 8.57. The summed E-state index contributed by atoms with van der Waals surface area (Å²) in [6.45, 7) is 12.0. The molecule has 0 bridgehead atoms. The number of carbonyl (C=O) groups is 2. The Hall–Kier alpha value is -3.35. The van der Waals surface area contributed by atoms with Gasteiger partial charge in [-0.25, -0.2) is 9.48 Å². The summed E-state index contributed by atoms with van der Waals surface area (Å²) < 4.78 is 9.07. The van der Waals surface area contributed by atoms with Gasteiger partial charge < -0.3 is 14.6 Å². The molecule has 3 rings (SSSR count). The van der Waals surface area contributed by atoms with Gasteiger partial charge >= 0.3 is 5.97 Å². The van der Waals surface area contributed by atoms with Crippen LogP contribution in [0, 0.1) is 34.6 Å². The molecule has 1 amide bonds. The predicted molar refractivity (Wildman–Crippen MR) is 116 cm³/mol. The van der Waals surface area contributed by atoms with Gasteiger partial charge in [-0.3, -0.25) is 4.79 Å². The van der Waals surface area contributed by atoms with E-state index in [1.54, 1.807) is 10.7 Å². The van der Waals surface area contributed by atoms with Crippen molar-refractivity contribution < 1.29 is 14.3 Å². The van der Waals surface area contributed by atoms with Gasteiger partial charge in [0, 0.05) is 17.9 Å². The molecule has 0 fully saturated rings. The van der Waals surface area contributed by atoms with Crippen molar-refractivity contribution in [3.05, 3.63) is 64.2 Å². The number of aromatic nitrogens is 3. The number of esters is 1. The molecule has 30 heavy (non-hydrogen) atoms. The zero-order valence-corrected chi connectivity index (χ0v) is 18.4. The summed E-state index contributed by atoms with van der Waals surface area (Å²) in [7, 11) is 0. The molecule has 2 heterocycles. The number of benzene rings is 1. The normalized spacial score (nSPS) is 10.9. The molecule has 7 heteroatoms. The van der Waals surface area contributed by atoms with Crippen LogP contribution in [0.5, 0.6) is 0 Å². The minimum absolute atomic E-state index is 0.358. The molecule has 0 saturated carbocycles. The van der Waals surface area contributed by atoms with E-state index in [2.05, 4.69) is 10.4 Å². The van der Waals surface area contributed by atoms with Crippen LogP contribution in [0.4, 0.5) is 5.69 Å². The molecule has 0 radical (unpaired) electrons. The molecule has 0 saturated heterocycles. The quantitative estimate of drug-likeness (QED) is 0.625. The number of nitrogens with one attached hydrogen (secondary N) is 1. The first-order valence-corrected chi connectivity index (χ1v) is 9.99. The Kier molecular flexibility index (Phi) is 6.10. The Morgan fingerprint density at radius 2 is 1.70 bits per heavy atom. The van der Waals surface area contributed by atoms with Crippen LogP contribution in [-0.4, -0.2) is 32.8 Å². The Morgan fingerprint density at radius 1 is 1.03 bits per heavy atom. The Morgan fingerprint density at radius 3 is 2.30 bits per heavy atom. The molecular weight excluding hydrogens is 380 g/mol. The van der Waals surface area contributed by atoms with Crippen molar-refractivity contribution in [1.29, 1.82) is 0 Å². The average Bonchev–Trinajstić information content (AvgIpc) is 3.16. The number of ether oxygens (including phenoxy) is 1. The number of rotatable bonds is 6. The van der Waals surface area contributed by atoms with Gasteiger partial charge in [-0.2, -0.15) is 5.10 Å². The topological polar surface area (TPSA) is 78.2 Å². The monoisotopic (exact) mass is 408 g/mol. The predicted octanol–water partition coefficient (Wildman–Crippen LogP) is 4.03. The zero-order chi connectivity index (χ0) is 22.0. The molecule has 0 aliphatic rings. The van der Waals surface area contributed by atoms with Crippen LogP contribution in [0.1, 0.15) is 45.6 Å². The van der Waals surface area contributed by atoms with E-state index in [-0.39, 0.29) is 6.61 Å². The minimum atomic E-state index is -0.498. The second-order valence-electron chi connectivity index (χ2n) is 7.45. The van der Waals surface area contributed by atoms with E-state index in [9.17, 15) is 9.59 Å². The Balaban J connectivity index is 1.68. The number of hydrogen-bond donors (Lipinski definition) is 1. The highest BCUT2D eigenvalue weighted by Gasteiger charge is 2.19. The van der Waals surface area contributed by atoms with Crippen LogP contribution < -0.4 is 5.32 Å². The van der Waals surface area contributed by atoms with E-state index in [4.69, 9.17) is 4.74 Å². The minimum Gasteiger partial charge on any atom is -0.452 e. The van der Waals surface area contributed by atoms with Gasteiger partial charge in [0.2, 0.25) is 0 Å². The van der Waals surface area contributed by atoms with Crippen LogP contribution in [-0.2, 0) is 16.1 Å². The van der Waals surface area contributed by atoms with Gasteiger partial charge in [-0.05, 0) is 59.7 Å². The standard InChI is InChI=1S/C23H28N4O3/c1-7-26-15(3)12-20(17(26)5)23(29)30-13-21(28)24-22-16(4)25-27(18(22)6)19-10-8-14(2)9-11-19/h8-12H,7,13H2,1-6H3,(H,24,28). The molecule has 0 atom stereocenters. The van der Waals surface area contributed by atoms with Crippen LogP contribution in [0.2, 0.25) is 0 Å². The number of hydrogen-bond acceptors (Lipinski definition) is 4. The van der Waals surface area contributed by atoms with E-state index in [0.717, 1.165) is 34.9 Å². The third kappa shape index (κ3) is 4.15. The fourth-order valence-corrected chi connectivity index (χ4v) is 3.64. The first kappa shape index (κ1) is 21.4. The summed E-state index contributed by atoms with van der Waals surface area (Å²) in [5, 5.41) is 7.36. The second-order valence-corrected chi connectivity index (χ2v) is 7.45. The molecule has 0 aliphatic heterocycles. The zero-order valence-electron chi connectivity index (χ0n) is 18.4. The summed E-state index contributed by atoms with van der Waals surface area (Å²) in [5.74, 6) is -0.899. The number of anilines is 1. The lowest BCUT2D eigenvalue weighted by molar-refractivity contribution is -0.119. The van der Waals surface area contributed by atoms with Crippen molar-refractivity contribution >= 4 is 17.6 Å². The SMILES string of the molecule is CCn1c(C)cc(C(=O)OCC(=O)Nc2c(C)nn(-c3ccc(C)cc3)c2C)c1C.